The van der Waals surface area contributed by atoms with Crippen LogP contribution in [0.25, 0.3) is 0 Å². The van der Waals surface area contributed by atoms with Crippen molar-refractivity contribution in [3.63, 3.8) is 0 Å². The van der Waals surface area contributed by atoms with E-state index in [1.54, 1.807) is 5.32 Å². The van der Waals surface area contributed by atoms with Crippen LogP contribution in [-0.2, 0) is 29.1 Å². The summed E-state index contributed by atoms with van der Waals surface area (Å²) < 4.78 is 69.1. The van der Waals surface area contributed by atoms with Crippen LogP contribution in [0.4, 0.5) is 8.78 Å². The summed E-state index contributed by atoms with van der Waals surface area (Å²) >= 11 is 0. The van der Waals surface area contributed by atoms with Crippen LogP contribution in [0.3, 0.4) is 0 Å². The summed E-state index contributed by atoms with van der Waals surface area (Å²) in [4.78, 5) is 10.8. The van der Waals surface area contributed by atoms with Crippen molar-refractivity contribution >= 4 is 16.0 Å². The highest BCUT2D eigenvalue weighted by Gasteiger charge is 2.52. The van der Waals surface area contributed by atoms with Gasteiger partial charge in [-0.05, 0) is 0 Å². The number of rotatable bonds is 10. The maximum atomic E-state index is 12.8. The zero-order chi connectivity index (χ0) is 15.2. The number of carbonyl (C=O) groups excluding carboxylic acids is 1. The van der Waals surface area contributed by atoms with Gasteiger partial charge in [0.1, 0.15) is 6.10 Å². The minimum atomic E-state index is -5.78. The molecule has 0 aliphatic carbocycles. The molecule has 1 amide bonds. The van der Waals surface area contributed by atoms with Crippen LogP contribution in [0.1, 0.15) is 0 Å². The fraction of sp³-hybridized carbons (Fsp3) is 0.889. The summed E-state index contributed by atoms with van der Waals surface area (Å²) in [5, 5.41) is -3.24. The zero-order valence-corrected chi connectivity index (χ0v) is 11.2. The van der Waals surface area contributed by atoms with Crippen molar-refractivity contribution < 1.29 is 40.8 Å². The number of halogens is 2. The van der Waals surface area contributed by atoms with E-state index < -0.39 is 21.3 Å². The molecule has 0 aromatic rings. The molecule has 8 nitrogen and oxygen atoms in total. The van der Waals surface area contributed by atoms with E-state index in [-0.39, 0.29) is 32.5 Å². The van der Waals surface area contributed by atoms with Crippen molar-refractivity contribution in [3.05, 3.63) is 0 Å². The molecule has 0 spiro atoms. The largest absolute Gasteiger partial charge is 0.446 e. The van der Waals surface area contributed by atoms with Crippen molar-refractivity contribution in [2.24, 2.45) is 0 Å². The molecule has 0 bridgehead atoms. The smallest absolute Gasteiger partial charge is 0.377 e. The van der Waals surface area contributed by atoms with E-state index >= 15 is 0 Å². The molecule has 0 saturated carbocycles. The van der Waals surface area contributed by atoms with Gasteiger partial charge in [0.05, 0.1) is 33.0 Å². The average molecular weight is 319 g/mol. The van der Waals surface area contributed by atoms with Crippen molar-refractivity contribution in [2.45, 2.75) is 11.4 Å². The average Bonchev–Trinajstić information content (AvgIpc) is 3.14. The highest BCUT2D eigenvalue weighted by Crippen LogP contribution is 2.20. The Morgan fingerprint density at radius 1 is 1.35 bits per heavy atom. The predicted molar refractivity (Wildman–Crippen MR) is 60.9 cm³/mol. The first-order valence-corrected chi connectivity index (χ1v) is 7.09. The third-order valence-corrected chi connectivity index (χ3v) is 3.03. The van der Waals surface area contributed by atoms with Gasteiger partial charge < -0.3 is 19.5 Å². The molecule has 0 aromatic carbocycles. The zero-order valence-electron chi connectivity index (χ0n) is 10.4. The summed E-state index contributed by atoms with van der Waals surface area (Å²) in [6.45, 7) is 1.19. The lowest BCUT2D eigenvalue weighted by atomic mass is 10.5. The molecule has 1 rings (SSSR count). The second kappa shape index (κ2) is 7.22. The van der Waals surface area contributed by atoms with E-state index in [1.165, 1.54) is 0 Å². The first kappa shape index (κ1) is 17.2. The molecule has 1 unspecified atom stereocenters. The van der Waals surface area contributed by atoms with E-state index in [9.17, 15) is 22.0 Å². The number of ether oxygens (including phenoxy) is 3. The Balaban J connectivity index is 2.03. The summed E-state index contributed by atoms with van der Waals surface area (Å²) in [5.41, 5.74) is 0. The second-order valence-corrected chi connectivity index (χ2v) is 5.35. The van der Waals surface area contributed by atoms with E-state index in [0.29, 0.717) is 13.2 Å². The van der Waals surface area contributed by atoms with Gasteiger partial charge in [0.25, 0.3) is 0 Å². The van der Waals surface area contributed by atoms with Crippen LogP contribution in [0, 0.1) is 0 Å². The number of hydrogen-bond donors (Lipinski definition) is 2. The molecule has 1 fully saturated rings. The molecular formula is C9H15F2NO7S. The lowest BCUT2D eigenvalue weighted by Gasteiger charge is -2.12. The monoisotopic (exact) mass is 319 g/mol. The maximum Gasteiger partial charge on any atom is 0.446 e. The lowest BCUT2D eigenvalue weighted by Crippen LogP contribution is -2.46. The predicted octanol–water partition coefficient (Wildman–Crippen LogP) is -0.985. The van der Waals surface area contributed by atoms with E-state index in [1.807, 2.05) is 0 Å². The summed E-state index contributed by atoms with van der Waals surface area (Å²) in [6, 6.07) is 0. The lowest BCUT2D eigenvalue weighted by molar-refractivity contribution is -0.136. The molecule has 0 radical (unpaired) electrons. The minimum Gasteiger partial charge on any atom is -0.377 e. The first-order chi connectivity index (χ1) is 9.25. The third kappa shape index (κ3) is 5.63. The number of hydrogen-bond acceptors (Lipinski definition) is 6. The molecule has 1 aliphatic heterocycles. The molecule has 1 heterocycles. The van der Waals surface area contributed by atoms with Gasteiger partial charge in [-0.3, -0.25) is 9.35 Å². The maximum absolute atomic E-state index is 12.8. The summed E-state index contributed by atoms with van der Waals surface area (Å²) in [5.74, 6) is -2.11. The number of amides is 1. The van der Waals surface area contributed by atoms with Crippen LogP contribution in [0.5, 0.6) is 0 Å². The van der Waals surface area contributed by atoms with Crippen LogP contribution in [-0.4, -0.2) is 69.8 Å². The van der Waals surface area contributed by atoms with Gasteiger partial charge in [-0.2, -0.15) is 17.2 Å². The molecule has 20 heavy (non-hydrogen) atoms. The standard InChI is InChI=1S/C9H15F2NO7S/c10-9(11,20(14,15)16)8(13)12-1-2-17-3-4-18-5-7-6-19-7/h7H,1-6H2,(H,12,13)(H,14,15,16). The molecule has 2 N–H and O–H groups in total. The van der Waals surface area contributed by atoms with Crippen molar-refractivity contribution in [1.29, 1.82) is 0 Å². The van der Waals surface area contributed by atoms with E-state index in [0.717, 1.165) is 0 Å². The molecule has 1 aliphatic rings. The minimum absolute atomic E-state index is 0.101. The number of epoxide rings is 1. The SMILES string of the molecule is O=C(NCCOCCOCC1CO1)C(F)(F)S(=O)(=O)O. The van der Waals surface area contributed by atoms with Gasteiger partial charge in [0.2, 0.25) is 0 Å². The number of carbonyl (C=O) groups is 1. The Kier molecular flexibility index (Phi) is 6.20. The van der Waals surface area contributed by atoms with E-state index in [4.69, 9.17) is 18.8 Å². The van der Waals surface area contributed by atoms with Crippen molar-refractivity contribution in [3.8, 4) is 0 Å². The van der Waals surface area contributed by atoms with Gasteiger partial charge in [-0.15, -0.1) is 0 Å². The number of nitrogens with one attached hydrogen (secondary N) is 1. The molecule has 1 atom stereocenters. The van der Waals surface area contributed by atoms with Crippen molar-refractivity contribution in [2.75, 3.05) is 39.6 Å². The highest BCUT2D eigenvalue weighted by molar-refractivity contribution is 7.87. The van der Waals surface area contributed by atoms with Gasteiger partial charge in [0.15, 0.2) is 0 Å². The fourth-order valence-corrected chi connectivity index (χ4v) is 1.36. The molecule has 0 aromatic heterocycles. The second-order valence-electron chi connectivity index (χ2n) is 3.89. The molecule has 118 valence electrons. The highest BCUT2D eigenvalue weighted by atomic mass is 32.2. The normalized spacial score (nSPS) is 18.9. The van der Waals surface area contributed by atoms with Gasteiger partial charge >= 0.3 is 21.3 Å². The molecule has 1 saturated heterocycles. The Morgan fingerprint density at radius 2 is 1.95 bits per heavy atom. The third-order valence-electron chi connectivity index (χ3n) is 2.20. The van der Waals surface area contributed by atoms with Crippen LogP contribution >= 0.6 is 0 Å². The van der Waals surface area contributed by atoms with Crippen LogP contribution in [0.2, 0.25) is 0 Å². The number of alkyl halides is 2. The Bertz CT molecular complexity index is 424. The van der Waals surface area contributed by atoms with Gasteiger partial charge in [-0.25, -0.2) is 0 Å². The Labute approximate surface area is 114 Å². The Hall–Kier alpha value is -0.880. The quantitative estimate of drug-likeness (QED) is 0.302. The van der Waals surface area contributed by atoms with Gasteiger partial charge in [0, 0.05) is 6.54 Å². The first-order valence-electron chi connectivity index (χ1n) is 5.65. The summed E-state index contributed by atoms with van der Waals surface area (Å²) in [6.07, 6.45) is 0.136. The summed E-state index contributed by atoms with van der Waals surface area (Å²) in [7, 11) is -5.78. The fourth-order valence-electron chi connectivity index (χ4n) is 1.06. The Morgan fingerprint density at radius 3 is 2.50 bits per heavy atom. The van der Waals surface area contributed by atoms with Gasteiger partial charge in [-0.1, -0.05) is 0 Å². The van der Waals surface area contributed by atoms with Crippen LogP contribution in [0.15, 0.2) is 0 Å². The molecular weight excluding hydrogens is 304 g/mol. The van der Waals surface area contributed by atoms with E-state index in [2.05, 4.69) is 0 Å². The van der Waals surface area contributed by atoms with Crippen LogP contribution < -0.4 is 5.32 Å². The van der Waals surface area contributed by atoms with Crippen molar-refractivity contribution in [1.82, 2.24) is 5.32 Å². The molecule has 11 heteroatoms. The topological polar surface area (TPSA) is 114 Å².